The molecule has 1 atom stereocenters. The molecule has 7 heteroatoms. The predicted molar refractivity (Wildman–Crippen MR) is 148 cm³/mol. The molecular weight excluding hydrogens is 490 g/mol. The first-order chi connectivity index (χ1) is 19.1. The van der Waals surface area contributed by atoms with E-state index in [9.17, 15) is 9.59 Å². The van der Waals surface area contributed by atoms with E-state index in [1.165, 1.54) is 6.42 Å². The number of aromatic nitrogens is 1. The minimum atomic E-state index is -1.24. The summed E-state index contributed by atoms with van der Waals surface area (Å²) >= 11 is 0. The fourth-order valence-corrected chi connectivity index (χ4v) is 6.45. The number of ether oxygens (including phenoxy) is 2. The van der Waals surface area contributed by atoms with Crippen LogP contribution < -0.4 is 14.8 Å². The van der Waals surface area contributed by atoms with Crippen molar-refractivity contribution in [2.75, 3.05) is 6.79 Å². The Morgan fingerprint density at radius 1 is 0.897 bits per heavy atom. The lowest BCUT2D eigenvalue weighted by molar-refractivity contribution is -0.136. The minimum absolute atomic E-state index is 0.108. The smallest absolute Gasteiger partial charge is 0.272 e. The number of para-hydroxylation sites is 1. The van der Waals surface area contributed by atoms with Gasteiger partial charge < -0.3 is 24.3 Å². The van der Waals surface area contributed by atoms with Gasteiger partial charge in [0, 0.05) is 23.5 Å². The van der Waals surface area contributed by atoms with Gasteiger partial charge in [-0.2, -0.15) is 0 Å². The van der Waals surface area contributed by atoms with Crippen LogP contribution in [0.2, 0.25) is 0 Å². The van der Waals surface area contributed by atoms with Gasteiger partial charge in [-0.1, -0.05) is 73.9 Å². The lowest BCUT2D eigenvalue weighted by Crippen LogP contribution is -2.64. The van der Waals surface area contributed by atoms with Gasteiger partial charge >= 0.3 is 0 Å². The summed E-state index contributed by atoms with van der Waals surface area (Å²) in [6, 6.07) is 25.5. The van der Waals surface area contributed by atoms with E-state index in [4.69, 9.17) is 9.47 Å². The molecule has 0 unspecified atom stereocenters. The molecule has 2 amide bonds. The van der Waals surface area contributed by atoms with Crippen LogP contribution in [0.5, 0.6) is 11.5 Å². The molecule has 2 aliphatic heterocycles. The second-order valence-corrected chi connectivity index (χ2v) is 10.8. The monoisotopic (exact) mass is 521 g/mol. The van der Waals surface area contributed by atoms with E-state index in [1.807, 2.05) is 83.4 Å². The molecule has 7 rings (SSSR count). The van der Waals surface area contributed by atoms with Crippen LogP contribution in [0, 0.1) is 0 Å². The molecular formula is C32H31N3O4. The zero-order chi connectivity index (χ0) is 26.4. The number of rotatable bonds is 5. The number of fused-ring (bicyclic) bond motifs is 4. The molecule has 0 radical (unpaired) electrons. The lowest BCUT2D eigenvalue weighted by atomic mass is 9.83. The number of benzene rings is 3. The van der Waals surface area contributed by atoms with Crippen LogP contribution in [0.15, 0.2) is 78.9 Å². The van der Waals surface area contributed by atoms with Crippen molar-refractivity contribution < 1.29 is 19.1 Å². The highest BCUT2D eigenvalue weighted by Crippen LogP contribution is 2.41. The molecule has 39 heavy (non-hydrogen) atoms. The Morgan fingerprint density at radius 2 is 1.67 bits per heavy atom. The Bertz CT molecular complexity index is 1560. The SMILES string of the molecule is O=C1c2cc3ccccc3n2C[C@](C(=O)NC2CCCCC2)(c2ccccc2)N1Cc1ccc2c(c1)OCO2. The van der Waals surface area contributed by atoms with E-state index in [1.54, 1.807) is 4.90 Å². The van der Waals surface area contributed by atoms with Gasteiger partial charge in [0.25, 0.3) is 11.8 Å². The average molecular weight is 522 g/mol. The van der Waals surface area contributed by atoms with E-state index < -0.39 is 5.54 Å². The van der Waals surface area contributed by atoms with Crippen molar-refractivity contribution in [1.29, 1.82) is 0 Å². The van der Waals surface area contributed by atoms with Crippen LogP contribution in [0.4, 0.5) is 0 Å². The first kappa shape index (κ1) is 23.8. The number of carbonyl (C=O) groups is 2. The van der Waals surface area contributed by atoms with Crippen molar-refractivity contribution in [1.82, 2.24) is 14.8 Å². The highest BCUT2D eigenvalue weighted by molar-refractivity contribution is 6.04. The van der Waals surface area contributed by atoms with Crippen LogP contribution in [0.3, 0.4) is 0 Å². The van der Waals surface area contributed by atoms with Gasteiger partial charge in [-0.15, -0.1) is 0 Å². The second kappa shape index (κ2) is 9.49. The van der Waals surface area contributed by atoms with Gasteiger partial charge in [0.1, 0.15) is 5.69 Å². The summed E-state index contributed by atoms with van der Waals surface area (Å²) in [6.45, 7) is 0.762. The number of hydrogen-bond acceptors (Lipinski definition) is 4. The van der Waals surface area contributed by atoms with Gasteiger partial charge in [-0.3, -0.25) is 9.59 Å². The Morgan fingerprint density at radius 3 is 2.51 bits per heavy atom. The van der Waals surface area contributed by atoms with Crippen molar-refractivity contribution in [3.63, 3.8) is 0 Å². The summed E-state index contributed by atoms with van der Waals surface area (Å²) in [6.07, 6.45) is 5.34. The normalized spacial score (nSPS) is 20.7. The van der Waals surface area contributed by atoms with Crippen LogP contribution in [-0.4, -0.2) is 34.1 Å². The number of amides is 2. The van der Waals surface area contributed by atoms with Crippen molar-refractivity contribution in [3.8, 4) is 11.5 Å². The molecule has 198 valence electrons. The molecule has 3 aromatic carbocycles. The maximum Gasteiger partial charge on any atom is 0.272 e. The molecule has 1 N–H and O–H groups in total. The van der Waals surface area contributed by atoms with Crippen molar-refractivity contribution in [2.45, 2.75) is 56.8 Å². The van der Waals surface area contributed by atoms with E-state index in [-0.39, 0.29) is 31.2 Å². The molecule has 1 fully saturated rings. The Balaban J connectivity index is 1.40. The molecule has 7 nitrogen and oxygen atoms in total. The zero-order valence-electron chi connectivity index (χ0n) is 21.8. The third kappa shape index (κ3) is 3.95. The molecule has 3 heterocycles. The number of nitrogens with one attached hydrogen (secondary N) is 1. The maximum absolute atomic E-state index is 14.6. The summed E-state index contributed by atoms with van der Waals surface area (Å²) in [7, 11) is 0. The van der Waals surface area contributed by atoms with E-state index >= 15 is 0 Å². The molecule has 1 aliphatic carbocycles. The summed E-state index contributed by atoms with van der Waals surface area (Å²) in [4.78, 5) is 30.9. The quantitative estimate of drug-likeness (QED) is 0.383. The topological polar surface area (TPSA) is 72.8 Å². The first-order valence-electron chi connectivity index (χ1n) is 13.8. The summed E-state index contributed by atoms with van der Waals surface area (Å²) in [5, 5.41) is 4.37. The van der Waals surface area contributed by atoms with Crippen molar-refractivity contribution in [2.24, 2.45) is 0 Å². The second-order valence-electron chi connectivity index (χ2n) is 10.8. The number of nitrogens with zero attached hydrogens (tertiary/aromatic N) is 2. The molecule has 4 aromatic rings. The average Bonchev–Trinajstić information content (AvgIpc) is 3.60. The Kier molecular flexibility index (Phi) is 5.80. The van der Waals surface area contributed by atoms with Crippen molar-refractivity contribution in [3.05, 3.63) is 95.7 Å². The van der Waals surface area contributed by atoms with Gasteiger partial charge in [0.05, 0.1) is 6.54 Å². The van der Waals surface area contributed by atoms with Crippen LogP contribution in [-0.2, 0) is 23.4 Å². The van der Waals surface area contributed by atoms with Gasteiger partial charge in [-0.05, 0) is 48.2 Å². The van der Waals surface area contributed by atoms with Crippen LogP contribution >= 0.6 is 0 Å². The van der Waals surface area contributed by atoms with Gasteiger partial charge in [-0.25, -0.2) is 0 Å². The molecule has 0 saturated heterocycles. The predicted octanol–water partition coefficient (Wildman–Crippen LogP) is 5.37. The molecule has 1 saturated carbocycles. The fourth-order valence-electron chi connectivity index (χ4n) is 6.45. The van der Waals surface area contributed by atoms with Gasteiger partial charge in [0.2, 0.25) is 6.79 Å². The van der Waals surface area contributed by atoms with E-state index in [2.05, 4.69) is 5.32 Å². The molecule has 0 spiro atoms. The Hall–Kier alpha value is -4.26. The molecule has 0 bridgehead atoms. The fraction of sp³-hybridized carbons (Fsp3) is 0.312. The first-order valence-corrected chi connectivity index (χ1v) is 13.8. The number of carbonyl (C=O) groups excluding carboxylic acids is 2. The highest BCUT2D eigenvalue weighted by atomic mass is 16.7. The third-order valence-corrected chi connectivity index (χ3v) is 8.47. The summed E-state index contributed by atoms with van der Waals surface area (Å²) in [5.41, 5.74) is 1.99. The maximum atomic E-state index is 14.6. The van der Waals surface area contributed by atoms with Crippen LogP contribution in [0.25, 0.3) is 10.9 Å². The number of hydrogen-bond donors (Lipinski definition) is 1. The zero-order valence-corrected chi connectivity index (χ0v) is 21.8. The Labute approximate surface area is 227 Å². The highest BCUT2D eigenvalue weighted by Gasteiger charge is 2.53. The summed E-state index contributed by atoms with van der Waals surface area (Å²) < 4.78 is 13.2. The third-order valence-electron chi connectivity index (χ3n) is 8.47. The molecule has 1 aromatic heterocycles. The van der Waals surface area contributed by atoms with E-state index in [0.717, 1.165) is 47.7 Å². The lowest BCUT2D eigenvalue weighted by Gasteiger charge is -2.47. The van der Waals surface area contributed by atoms with Crippen LogP contribution in [0.1, 0.15) is 53.7 Å². The van der Waals surface area contributed by atoms with E-state index in [0.29, 0.717) is 23.7 Å². The summed E-state index contributed by atoms with van der Waals surface area (Å²) in [5.74, 6) is 1.05. The largest absolute Gasteiger partial charge is 0.454 e. The van der Waals surface area contributed by atoms with Crippen molar-refractivity contribution >= 4 is 22.7 Å². The van der Waals surface area contributed by atoms with Gasteiger partial charge in [0.15, 0.2) is 17.0 Å². The minimum Gasteiger partial charge on any atom is -0.454 e. The molecule has 3 aliphatic rings. The standard InChI is InChI=1S/C32H31N3O4/c36-30-27-18-23-9-7-8-14-26(23)34(27)20-32(24-10-3-1-4-11-24,31(37)33-25-12-5-2-6-13-25)35(30)19-22-15-16-28-29(17-22)39-21-38-28/h1,3-4,7-11,14-18,25H,2,5-6,12-13,19-21H2,(H,33,37)/t32-/m1/s1.